The Bertz CT molecular complexity index is 529. The maximum atomic E-state index is 8.41. The summed E-state index contributed by atoms with van der Waals surface area (Å²) < 4.78 is 5.72. The number of nitrogens with one attached hydrogen (secondary N) is 1. The molecule has 0 saturated heterocycles. The zero-order valence-electron chi connectivity index (χ0n) is 10.7. The fourth-order valence-corrected chi connectivity index (χ4v) is 1.73. The average Bonchev–Trinajstić information content (AvgIpc) is 2.46. The summed E-state index contributed by atoms with van der Waals surface area (Å²) in [4.78, 5) is 0. The second kappa shape index (κ2) is 7.20. The Labute approximate surface area is 113 Å². The van der Waals surface area contributed by atoms with E-state index in [0.717, 1.165) is 24.5 Å². The molecule has 0 aliphatic heterocycles. The van der Waals surface area contributed by atoms with Gasteiger partial charge in [-0.25, -0.2) is 0 Å². The van der Waals surface area contributed by atoms with Crippen LogP contribution in [0.25, 0.3) is 0 Å². The van der Waals surface area contributed by atoms with E-state index in [1.165, 1.54) is 5.56 Å². The van der Waals surface area contributed by atoms with Crippen molar-refractivity contribution in [3.63, 3.8) is 0 Å². The monoisotopic (exact) mass is 252 g/mol. The van der Waals surface area contributed by atoms with Crippen LogP contribution >= 0.6 is 0 Å². The Kier molecular flexibility index (Phi) is 4.97. The summed E-state index contributed by atoms with van der Waals surface area (Å²) in [6.07, 6.45) is 0.910. The third-order valence-electron chi connectivity index (χ3n) is 2.70. The molecule has 0 unspecified atom stereocenters. The van der Waals surface area contributed by atoms with Crippen LogP contribution in [0.15, 0.2) is 54.6 Å². The Balaban J connectivity index is 1.86. The standard InChI is InChI=1S/C16H16N2O/c17-11-13-18-12-10-14-6-8-16(9-7-14)19-15-4-2-1-3-5-15/h1-9,18H,10,12-13H2. The zero-order valence-corrected chi connectivity index (χ0v) is 10.7. The Morgan fingerprint density at radius 1 is 0.947 bits per heavy atom. The van der Waals surface area contributed by atoms with Gasteiger partial charge in [0.15, 0.2) is 0 Å². The average molecular weight is 252 g/mol. The maximum absolute atomic E-state index is 8.41. The van der Waals surface area contributed by atoms with Crippen LogP contribution in [0.1, 0.15) is 5.56 Å². The smallest absolute Gasteiger partial charge is 0.127 e. The first-order valence-corrected chi connectivity index (χ1v) is 6.28. The van der Waals surface area contributed by atoms with Crippen LogP contribution in [0, 0.1) is 11.3 Å². The van der Waals surface area contributed by atoms with Crippen LogP contribution in [0.5, 0.6) is 11.5 Å². The summed E-state index contributed by atoms with van der Waals surface area (Å²) in [6, 6.07) is 19.8. The summed E-state index contributed by atoms with van der Waals surface area (Å²) in [5.41, 5.74) is 1.23. The van der Waals surface area contributed by atoms with Gasteiger partial charge < -0.3 is 10.1 Å². The van der Waals surface area contributed by atoms with Crippen LogP contribution in [-0.2, 0) is 6.42 Å². The number of benzene rings is 2. The van der Waals surface area contributed by atoms with Gasteiger partial charge in [0.2, 0.25) is 0 Å². The van der Waals surface area contributed by atoms with Gasteiger partial charge in [0.25, 0.3) is 0 Å². The third kappa shape index (κ3) is 4.46. The molecule has 0 aliphatic rings. The van der Waals surface area contributed by atoms with E-state index in [9.17, 15) is 0 Å². The molecule has 0 bridgehead atoms. The van der Waals surface area contributed by atoms with E-state index < -0.39 is 0 Å². The highest BCUT2D eigenvalue weighted by Gasteiger charge is 1.97. The van der Waals surface area contributed by atoms with Crippen LogP contribution < -0.4 is 10.1 Å². The van der Waals surface area contributed by atoms with Crippen LogP contribution in [-0.4, -0.2) is 13.1 Å². The number of para-hydroxylation sites is 1. The second-order valence-electron chi connectivity index (χ2n) is 4.14. The molecule has 0 spiro atoms. The lowest BCUT2D eigenvalue weighted by Crippen LogP contribution is -2.16. The number of rotatable bonds is 6. The summed E-state index contributed by atoms with van der Waals surface area (Å²) in [7, 11) is 0. The lowest BCUT2D eigenvalue weighted by atomic mass is 10.1. The van der Waals surface area contributed by atoms with E-state index >= 15 is 0 Å². The van der Waals surface area contributed by atoms with Crippen molar-refractivity contribution in [2.45, 2.75) is 6.42 Å². The van der Waals surface area contributed by atoms with Crippen molar-refractivity contribution in [2.75, 3.05) is 13.1 Å². The Hall–Kier alpha value is -2.31. The van der Waals surface area contributed by atoms with Crippen LogP contribution in [0.4, 0.5) is 0 Å². The number of hydrogen-bond donors (Lipinski definition) is 1. The lowest BCUT2D eigenvalue weighted by molar-refractivity contribution is 0.482. The normalized spacial score (nSPS) is 9.84. The minimum absolute atomic E-state index is 0.398. The summed E-state index contributed by atoms with van der Waals surface area (Å²) >= 11 is 0. The molecular weight excluding hydrogens is 236 g/mol. The minimum Gasteiger partial charge on any atom is -0.457 e. The first-order chi connectivity index (χ1) is 9.38. The molecule has 0 aromatic heterocycles. The zero-order chi connectivity index (χ0) is 13.3. The van der Waals surface area contributed by atoms with Gasteiger partial charge in [-0.05, 0) is 36.2 Å². The van der Waals surface area contributed by atoms with E-state index in [-0.39, 0.29) is 0 Å². The summed E-state index contributed by atoms with van der Waals surface area (Å²) in [5, 5.41) is 11.5. The number of ether oxygens (including phenoxy) is 1. The summed E-state index contributed by atoms with van der Waals surface area (Å²) in [5.74, 6) is 1.67. The highest BCUT2D eigenvalue weighted by Crippen LogP contribution is 2.21. The number of hydrogen-bond acceptors (Lipinski definition) is 3. The van der Waals surface area contributed by atoms with Gasteiger partial charge in [-0.3, -0.25) is 0 Å². The molecule has 96 valence electrons. The molecule has 0 radical (unpaired) electrons. The van der Waals surface area contributed by atoms with Gasteiger partial charge in [0.1, 0.15) is 11.5 Å². The first kappa shape index (κ1) is 13.1. The van der Waals surface area contributed by atoms with Crippen LogP contribution in [0.3, 0.4) is 0 Å². The van der Waals surface area contributed by atoms with Crippen molar-refractivity contribution >= 4 is 0 Å². The third-order valence-corrected chi connectivity index (χ3v) is 2.70. The SMILES string of the molecule is N#CCNCCc1ccc(Oc2ccccc2)cc1. The molecular formula is C16H16N2O. The quantitative estimate of drug-likeness (QED) is 0.634. The van der Waals surface area contributed by atoms with Crippen molar-refractivity contribution < 1.29 is 4.74 Å². The van der Waals surface area contributed by atoms with E-state index in [1.54, 1.807) is 0 Å². The molecule has 0 atom stereocenters. The van der Waals surface area contributed by atoms with Crippen molar-refractivity contribution in [3.8, 4) is 17.6 Å². The van der Waals surface area contributed by atoms with E-state index in [1.807, 2.05) is 54.6 Å². The molecule has 3 nitrogen and oxygen atoms in total. The molecule has 0 amide bonds. The van der Waals surface area contributed by atoms with Crippen LogP contribution in [0.2, 0.25) is 0 Å². The fourth-order valence-electron chi connectivity index (χ4n) is 1.73. The molecule has 3 heteroatoms. The van der Waals surface area contributed by atoms with Gasteiger partial charge >= 0.3 is 0 Å². The number of nitriles is 1. The van der Waals surface area contributed by atoms with E-state index in [4.69, 9.17) is 10.00 Å². The molecule has 0 aliphatic carbocycles. The Morgan fingerprint density at radius 2 is 1.63 bits per heavy atom. The fraction of sp³-hybridized carbons (Fsp3) is 0.188. The molecule has 0 fully saturated rings. The highest BCUT2D eigenvalue weighted by atomic mass is 16.5. The summed E-state index contributed by atoms with van der Waals surface area (Å²) in [6.45, 7) is 1.21. The topological polar surface area (TPSA) is 45.0 Å². The van der Waals surface area contributed by atoms with E-state index in [0.29, 0.717) is 6.54 Å². The first-order valence-electron chi connectivity index (χ1n) is 6.28. The molecule has 1 N–H and O–H groups in total. The molecule has 0 heterocycles. The molecule has 2 aromatic rings. The largest absolute Gasteiger partial charge is 0.457 e. The molecule has 19 heavy (non-hydrogen) atoms. The lowest BCUT2D eigenvalue weighted by Gasteiger charge is -2.06. The van der Waals surface area contributed by atoms with Gasteiger partial charge in [-0.1, -0.05) is 30.3 Å². The minimum atomic E-state index is 0.398. The Morgan fingerprint density at radius 3 is 2.32 bits per heavy atom. The maximum Gasteiger partial charge on any atom is 0.127 e. The predicted molar refractivity (Wildman–Crippen MR) is 75.1 cm³/mol. The van der Waals surface area contributed by atoms with Crippen molar-refractivity contribution in [1.29, 1.82) is 5.26 Å². The van der Waals surface area contributed by atoms with E-state index in [2.05, 4.69) is 11.4 Å². The highest BCUT2D eigenvalue weighted by molar-refractivity contribution is 5.33. The molecule has 2 aromatic carbocycles. The van der Waals surface area contributed by atoms with Gasteiger partial charge in [0.05, 0.1) is 12.6 Å². The molecule has 0 saturated carbocycles. The van der Waals surface area contributed by atoms with Gasteiger partial charge in [-0.15, -0.1) is 0 Å². The van der Waals surface area contributed by atoms with Crippen molar-refractivity contribution in [2.24, 2.45) is 0 Å². The molecule has 2 rings (SSSR count). The van der Waals surface area contributed by atoms with Gasteiger partial charge in [0, 0.05) is 6.54 Å². The predicted octanol–water partition coefficient (Wildman–Crippen LogP) is 3.13. The number of nitrogens with zero attached hydrogens (tertiary/aromatic N) is 1. The van der Waals surface area contributed by atoms with Crippen molar-refractivity contribution in [1.82, 2.24) is 5.32 Å². The van der Waals surface area contributed by atoms with Crippen molar-refractivity contribution in [3.05, 3.63) is 60.2 Å². The second-order valence-corrected chi connectivity index (χ2v) is 4.14. The van der Waals surface area contributed by atoms with Gasteiger partial charge in [-0.2, -0.15) is 5.26 Å².